The van der Waals surface area contributed by atoms with Crippen LogP contribution in [-0.4, -0.2) is 18.4 Å². The van der Waals surface area contributed by atoms with E-state index < -0.39 is 0 Å². The average Bonchev–Trinajstić information content (AvgIpc) is 2.59. The number of benzene rings is 2. The van der Waals surface area contributed by atoms with Gasteiger partial charge in [0.05, 0.1) is 18.2 Å². The summed E-state index contributed by atoms with van der Waals surface area (Å²) in [4.78, 5) is 15.5. The highest BCUT2D eigenvalue weighted by Crippen LogP contribution is 2.25. The minimum atomic E-state index is 0.371. The van der Waals surface area contributed by atoms with Crippen molar-refractivity contribution >= 4 is 17.2 Å². The summed E-state index contributed by atoms with van der Waals surface area (Å²) < 4.78 is 10.9. The van der Waals surface area contributed by atoms with Gasteiger partial charge in [-0.3, -0.25) is 9.78 Å². The monoisotopic (exact) mass is 293 g/mol. The van der Waals surface area contributed by atoms with Crippen LogP contribution in [0.15, 0.2) is 54.7 Å². The van der Waals surface area contributed by atoms with Gasteiger partial charge in [-0.05, 0) is 35.9 Å². The predicted octanol–water partition coefficient (Wildman–Crippen LogP) is 3.63. The molecule has 4 nitrogen and oxygen atoms in total. The van der Waals surface area contributed by atoms with E-state index in [1.807, 2.05) is 30.3 Å². The molecule has 3 aromatic rings. The van der Waals surface area contributed by atoms with Gasteiger partial charge in [-0.25, -0.2) is 0 Å². The molecule has 0 atom stereocenters. The van der Waals surface area contributed by atoms with E-state index in [9.17, 15) is 4.79 Å². The summed E-state index contributed by atoms with van der Waals surface area (Å²) in [5.74, 6) is 1.17. The molecule has 1 aromatic heterocycles. The number of pyridine rings is 1. The van der Waals surface area contributed by atoms with Crippen molar-refractivity contribution in [2.75, 3.05) is 7.11 Å². The molecular weight excluding hydrogens is 278 g/mol. The van der Waals surface area contributed by atoms with Crippen molar-refractivity contribution in [3.05, 3.63) is 65.9 Å². The minimum absolute atomic E-state index is 0.371. The number of nitrogens with zero attached hydrogens (tertiary/aromatic N) is 1. The van der Waals surface area contributed by atoms with E-state index in [1.165, 1.54) is 0 Å². The van der Waals surface area contributed by atoms with Crippen LogP contribution in [0.5, 0.6) is 11.5 Å². The zero-order valence-electron chi connectivity index (χ0n) is 12.2. The van der Waals surface area contributed by atoms with Crippen LogP contribution in [0.1, 0.15) is 15.9 Å². The molecule has 1 heterocycles. The molecule has 22 heavy (non-hydrogen) atoms. The number of rotatable bonds is 5. The molecule has 0 radical (unpaired) electrons. The molecule has 0 bridgehead atoms. The van der Waals surface area contributed by atoms with Crippen LogP contribution in [0.2, 0.25) is 0 Å². The number of hydrogen-bond acceptors (Lipinski definition) is 4. The Hall–Kier alpha value is -2.88. The van der Waals surface area contributed by atoms with Crippen molar-refractivity contribution in [3.8, 4) is 11.5 Å². The first kappa shape index (κ1) is 14.1. The third-order valence-electron chi connectivity index (χ3n) is 3.46. The van der Waals surface area contributed by atoms with Crippen molar-refractivity contribution in [1.82, 2.24) is 4.98 Å². The van der Waals surface area contributed by atoms with Crippen LogP contribution in [0, 0.1) is 0 Å². The van der Waals surface area contributed by atoms with E-state index in [0.717, 1.165) is 22.8 Å². The van der Waals surface area contributed by atoms with Crippen LogP contribution in [-0.2, 0) is 6.61 Å². The maximum absolute atomic E-state index is 11.2. The first-order valence-electron chi connectivity index (χ1n) is 6.90. The highest BCUT2D eigenvalue weighted by Gasteiger charge is 2.07. The second kappa shape index (κ2) is 6.26. The predicted molar refractivity (Wildman–Crippen MR) is 84.5 cm³/mol. The summed E-state index contributed by atoms with van der Waals surface area (Å²) in [6.45, 7) is 0.371. The van der Waals surface area contributed by atoms with E-state index in [1.54, 1.807) is 31.5 Å². The number of carbonyl (C=O) groups excluding carboxylic acids is 1. The molecule has 0 unspecified atom stereocenters. The maximum atomic E-state index is 11.2. The Balaban J connectivity index is 1.87. The van der Waals surface area contributed by atoms with E-state index >= 15 is 0 Å². The standard InChI is InChI=1S/C18H15NO3/c1-21-15-7-8-18(14(10-15)11-20)22-12-13-4-2-6-17-16(13)5-3-9-19-17/h2-11H,12H2,1H3. The number of aromatic nitrogens is 1. The fourth-order valence-corrected chi connectivity index (χ4v) is 2.33. The Morgan fingerprint density at radius 3 is 2.86 bits per heavy atom. The summed E-state index contributed by atoms with van der Waals surface area (Å²) in [6, 6.07) is 15.0. The van der Waals surface area contributed by atoms with Crippen molar-refractivity contribution in [3.63, 3.8) is 0 Å². The minimum Gasteiger partial charge on any atom is -0.497 e. The Kier molecular flexibility index (Phi) is 4.01. The molecule has 0 saturated carbocycles. The number of hydrogen-bond donors (Lipinski definition) is 0. The van der Waals surface area contributed by atoms with E-state index in [4.69, 9.17) is 9.47 Å². The molecular formula is C18H15NO3. The van der Waals surface area contributed by atoms with E-state index in [2.05, 4.69) is 4.98 Å². The van der Waals surface area contributed by atoms with Crippen molar-refractivity contribution in [1.29, 1.82) is 0 Å². The number of methoxy groups -OCH3 is 1. The molecule has 0 saturated heterocycles. The molecule has 2 aromatic carbocycles. The lowest BCUT2D eigenvalue weighted by atomic mass is 10.1. The molecule has 0 N–H and O–H groups in total. The summed E-state index contributed by atoms with van der Waals surface area (Å²) in [7, 11) is 1.56. The van der Waals surface area contributed by atoms with Crippen molar-refractivity contribution in [2.45, 2.75) is 6.61 Å². The van der Waals surface area contributed by atoms with Crippen molar-refractivity contribution in [2.24, 2.45) is 0 Å². The fourth-order valence-electron chi connectivity index (χ4n) is 2.33. The molecule has 4 heteroatoms. The Labute approximate surface area is 128 Å². The molecule has 0 aliphatic rings. The molecule has 0 aliphatic heterocycles. The summed E-state index contributed by atoms with van der Waals surface area (Å²) in [6.07, 6.45) is 2.53. The third-order valence-corrected chi connectivity index (χ3v) is 3.46. The lowest BCUT2D eigenvalue weighted by molar-refractivity contribution is 0.111. The van der Waals surface area contributed by atoms with Gasteiger partial charge < -0.3 is 9.47 Å². The Bertz CT molecular complexity index is 809. The zero-order chi connectivity index (χ0) is 15.4. The Morgan fingerprint density at radius 2 is 2.05 bits per heavy atom. The first-order valence-corrected chi connectivity index (χ1v) is 6.90. The second-order valence-electron chi connectivity index (χ2n) is 4.80. The lowest BCUT2D eigenvalue weighted by Crippen LogP contribution is -1.99. The van der Waals surface area contributed by atoms with E-state index in [-0.39, 0.29) is 0 Å². The van der Waals surface area contributed by atoms with Crippen LogP contribution >= 0.6 is 0 Å². The highest BCUT2D eigenvalue weighted by atomic mass is 16.5. The molecule has 0 aliphatic carbocycles. The van der Waals surface area contributed by atoms with Crippen LogP contribution in [0.4, 0.5) is 0 Å². The normalized spacial score (nSPS) is 10.4. The molecule has 0 amide bonds. The van der Waals surface area contributed by atoms with Crippen LogP contribution < -0.4 is 9.47 Å². The van der Waals surface area contributed by atoms with Gasteiger partial charge in [-0.1, -0.05) is 18.2 Å². The Morgan fingerprint density at radius 1 is 1.14 bits per heavy atom. The van der Waals surface area contributed by atoms with Crippen LogP contribution in [0.25, 0.3) is 10.9 Å². The van der Waals surface area contributed by atoms with E-state index in [0.29, 0.717) is 23.7 Å². The third kappa shape index (κ3) is 2.76. The number of carbonyl (C=O) groups is 1. The van der Waals surface area contributed by atoms with Gasteiger partial charge in [0.1, 0.15) is 18.1 Å². The van der Waals surface area contributed by atoms with Gasteiger partial charge in [-0.15, -0.1) is 0 Å². The fraction of sp³-hybridized carbons (Fsp3) is 0.111. The topological polar surface area (TPSA) is 48.4 Å². The van der Waals surface area contributed by atoms with Gasteiger partial charge in [0.2, 0.25) is 0 Å². The maximum Gasteiger partial charge on any atom is 0.153 e. The van der Waals surface area contributed by atoms with Gasteiger partial charge >= 0.3 is 0 Å². The number of ether oxygens (including phenoxy) is 2. The van der Waals surface area contributed by atoms with Crippen molar-refractivity contribution < 1.29 is 14.3 Å². The molecule has 0 fully saturated rings. The van der Waals surface area contributed by atoms with Gasteiger partial charge in [0.15, 0.2) is 6.29 Å². The summed E-state index contributed by atoms with van der Waals surface area (Å²) >= 11 is 0. The van der Waals surface area contributed by atoms with Gasteiger partial charge in [0, 0.05) is 11.6 Å². The first-order chi connectivity index (χ1) is 10.8. The van der Waals surface area contributed by atoms with Gasteiger partial charge in [0.25, 0.3) is 0 Å². The SMILES string of the molecule is COc1ccc(OCc2cccc3ncccc23)c(C=O)c1. The average molecular weight is 293 g/mol. The van der Waals surface area contributed by atoms with Crippen LogP contribution in [0.3, 0.4) is 0 Å². The highest BCUT2D eigenvalue weighted by molar-refractivity contribution is 5.82. The smallest absolute Gasteiger partial charge is 0.153 e. The quantitative estimate of drug-likeness (QED) is 0.674. The number of aldehydes is 1. The molecule has 110 valence electrons. The zero-order valence-corrected chi connectivity index (χ0v) is 12.2. The molecule has 0 spiro atoms. The lowest BCUT2D eigenvalue weighted by Gasteiger charge is -2.11. The molecule has 3 rings (SSSR count). The summed E-state index contributed by atoms with van der Waals surface area (Å²) in [5, 5.41) is 1.05. The largest absolute Gasteiger partial charge is 0.497 e. The van der Waals surface area contributed by atoms with Gasteiger partial charge in [-0.2, -0.15) is 0 Å². The second-order valence-corrected chi connectivity index (χ2v) is 4.80. The number of fused-ring (bicyclic) bond motifs is 1. The summed E-state index contributed by atoms with van der Waals surface area (Å²) in [5.41, 5.74) is 2.42.